The van der Waals surface area contributed by atoms with E-state index in [9.17, 15) is 0 Å². The Morgan fingerprint density at radius 1 is 0.416 bits per heavy atom. The summed E-state index contributed by atoms with van der Waals surface area (Å²) in [5, 5.41) is 1.89. The second-order valence-electron chi connectivity index (χ2n) is 23.0. The minimum atomic E-state index is 0. The van der Waals surface area contributed by atoms with Gasteiger partial charge in [-0.3, -0.25) is 18.2 Å². The lowest BCUT2D eigenvalue weighted by Crippen LogP contribution is -2.12. The van der Waals surface area contributed by atoms with Gasteiger partial charge in [-0.15, -0.1) is 0 Å². The summed E-state index contributed by atoms with van der Waals surface area (Å²) in [4.78, 5) is 56.1. The second-order valence-corrected chi connectivity index (χ2v) is 23.0. The maximum Gasteiger partial charge on any atom is 0.224 e. The molecule has 0 spiro atoms. The molecule has 89 heavy (non-hydrogen) atoms. The van der Waals surface area contributed by atoms with Crippen molar-refractivity contribution in [3.8, 4) is 62.4 Å². The standard InChI is InChI=1S/C25H22N6O.C25H22N6.C19H18N6.CH4/c1-32-25-18-11-10-17(14-19(18)28-23(30-25)15-6-3-2-4-7-15)20-21-22(26)27-12-13-31(21)24(29-20)16-8-5-9-16;1-15-19-11-10-18(14-20(19)29-24(28-15)16-6-3-2-4-7-16)21-22-23(26)27-12-13-31(22)25(30-21)17-8-5-9-17;1-11-10-22-14-6-5-13(9-15(14)23-11)16-17-18(20)21-7-8-25(17)19(24-16)12-3-2-4-12;/h2-4,6-7,10-14,16H,5,8-9H2,1H3,(H2,26,27);2-4,6-7,10-14,17H,5,8-9H2,1H3,(H2,26,27);5-10,12H,2-4H2,1H3,(H2,20,21);1H4. The summed E-state index contributed by atoms with van der Waals surface area (Å²) in [6, 6.07) is 38.3. The lowest BCUT2D eigenvalue weighted by Gasteiger charge is -2.23. The van der Waals surface area contributed by atoms with E-state index in [1.165, 1.54) is 44.9 Å². The average Bonchev–Trinajstić information content (AvgIpc) is 1.68. The van der Waals surface area contributed by atoms with Crippen LogP contribution in [0.1, 0.15) is 112 Å². The molecule has 9 aromatic heterocycles. The molecule has 6 N–H and O–H groups in total. The number of hydrogen-bond acceptors (Lipinski definition) is 16. The van der Waals surface area contributed by atoms with Crippen molar-refractivity contribution in [2.24, 2.45) is 0 Å². The molecule has 0 aliphatic heterocycles. The number of rotatable bonds is 9. The van der Waals surface area contributed by atoms with E-state index in [-0.39, 0.29) is 7.43 Å². The Balaban J connectivity index is 0.000000117. The Bertz CT molecular complexity index is 4990. The molecule has 0 amide bonds. The highest BCUT2D eigenvalue weighted by Crippen LogP contribution is 2.43. The van der Waals surface area contributed by atoms with Crippen molar-refractivity contribution < 1.29 is 4.74 Å². The number of hydrogen-bond donors (Lipinski definition) is 3. The van der Waals surface area contributed by atoms with E-state index in [2.05, 4.69) is 61.3 Å². The summed E-state index contributed by atoms with van der Waals surface area (Å²) < 4.78 is 11.9. The third-order valence-corrected chi connectivity index (χ3v) is 17.5. The van der Waals surface area contributed by atoms with Gasteiger partial charge in [0.1, 0.15) is 68.6 Å². The van der Waals surface area contributed by atoms with Crippen molar-refractivity contribution in [3.05, 3.63) is 187 Å². The van der Waals surface area contributed by atoms with E-state index in [0.29, 0.717) is 46.9 Å². The Morgan fingerprint density at radius 2 is 0.831 bits per heavy atom. The summed E-state index contributed by atoms with van der Waals surface area (Å²) in [5.74, 6) is 8.06. The molecule has 19 nitrogen and oxygen atoms in total. The number of nitrogens with two attached hydrogens (primary N) is 3. The molecule has 9 heterocycles. The highest BCUT2D eigenvalue weighted by molar-refractivity contribution is 5.95. The molecule has 0 radical (unpaired) electrons. The molecule has 3 saturated carbocycles. The highest BCUT2D eigenvalue weighted by atomic mass is 16.5. The maximum absolute atomic E-state index is 6.31. The molecule has 3 aliphatic rings. The Kier molecular flexibility index (Phi) is 14.6. The van der Waals surface area contributed by atoms with Crippen LogP contribution >= 0.6 is 0 Å². The smallest absolute Gasteiger partial charge is 0.224 e. The number of benzene rings is 5. The van der Waals surface area contributed by atoms with Crippen molar-refractivity contribution >= 4 is 66.8 Å². The second kappa shape index (κ2) is 23.1. The molecule has 3 fully saturated rings. The van der Waals surface area contributed by atoms with Gasteiger partial charge in [0.25, 0.3) is 0 Å². The number of methoxy groups -OCH3 is 1. The molecule has 14 aromatic rings. The molecule has 3 aliphatic carbocycles. The number of aryl methyl sites for hydroxylation is 2. The minimum absolute atomic E-state index is 0. The lowest BCUT2D eigenvalue weighted by atomic mass is 9.85. The molecule has 19 heteroatoms. The highest BCUT2D eigenvalue weighted by Gasteiger charge is 2.30. The summed E-state index contributed by atoms with van der Waals surface area (Å²) in [6.45, 7) is 3.97. The Labute approximate surface area is 513 Å². The summed E-state index contributed by atoms with van der Waals surface area (Å²) >= 11 is 0. The predicted octanol–water partition coefficient (Wildman–Crippen LogP) is 14.2. The fraction of sp³-hybridized carbons (Fsp3) is 0.229. The number of nitrogens with zero attached hydrogens (tertiary/aromatic N) is 15. The first-order valence-electron chi connectivity index (χ1n) is 30.0. The normalized spacial score (nSPS) is 14.2. The summed E-state index contributed by atoms with van der Waals surface area (Å²) in [6.07, 6.45) is 23.7. The van der Waals surface area contributed by atoms with Gasteiger partial charge in [-0.2, -0.15) is 4.98 Å². The van der Waals surface area contributed by atoms with E-state index < -0.39 is 0 Å². The first-order valence-corrected chi connectivity index (χ1v) is 30.0. The maximum atomic E-state index is 6.31. The van der Waals surface area contributed by atoms with Crippen LogP contribution in [0, 0.1) is 13.8 Å². The molecule has 5 aromatic carbocycles. The van der Waals surface area contributed by atoms with Gasteiger partial charge in [-0.05, 0) is 82.7 Å². The van der Waals surface area contributed by atoms with E-state index in [1.807, 2.05) is 129 Å². The van der Waals surface area contributed by atoms with Gasteiger partial charge in [-0.1, -0.05) is 112 Å². The molecule has 442 valence electrons. The monoisotopic (exact) mass is 1170 g/mol. The van der Waals surface area contributed by atoms with Crippen LogP contribution < -0.4 is 21.9 Å². The van der Waals surface area contributed by atoms with Gasteiger partial charge in [0.2, 0.25) is 5.88 Å². The Hall–Kier alpha value is -10.8. The fourth-order valence-corrected chi connectivity index (χ4v) is 12.3. The zero-order valence-electron chi connectivity index (χ0n) is 49.0. The summed E-state index contributed by atoms with van der Waals surface area (Å²) in [5.41, 5.74) is 34.2. The van der Waals surface area contributed by atoms with Crippen LogP contribution in [-0.2, 0) is 0 Å². The molecule has 0 bridgehead atoms. The zero-order chi connectivity index (χ0) is 59.6. The molecule has 0 atom stereocenters. The first kappa shape index (κ1) is 56.0. The van der Waals surface area contributed by atoms with Crippen molar-refractivity contribution in [2.45, 2.75) is 96.8 Å². The average molecular weight is 1180 g/mol. The number of fused-ring (bicyclic) bond motifs is 6. The largest absolute Gasteiger partial charge is 0.480 e. The van der Waals surface area contributed by atoms with Gasteiger partial charge < -0.3 is 21.9 Å². The van der Waals surface area contributed by atoms with Crippen molar-refractivity contribution in [1.82, 2.24) is 73.0 Å². The van der Waals surface area contributed by atoms with Crippen LogP contribution in [0.15, 0.2) is 159 Å². The minimum Gasteiger partial charge on any atom is -0.480 e. The van der Waals surface area contributed by atoms with Gasteiger partial charge >= 0.3 is 0 Å². The van der Waals surface area contributed by atoms with Crippen LogP contribution in [0.25, 0.3) is 106 Å². The molecular weight excluding hydrogens is 1110 g/mol. The van der Waals surface area contributed by atoms with Crippen molar-refractivity contribution in [3.63, 3.8) is 0 Å². The van der Waals surface area contributed by atoms with Crippen molar-refractivity contribution in [2.75, 3.05) is 24.3 Å². The van der Waals surface area contributed by atoms with Crippen LogP contribution in [0.3, 0.4) is 0 Å². The van der Waals surface area contributed by atoms with Gasteiger partial charge in [0.15, 0.2) is 11.6 Å². The Morgan fingerprint density at radius 3 is 1.27 bits per heavy atom. The fourth-order valence-electron chi connectivity index (χ4n) is 12.3. The topological polar surface area (TPSA) is 255 Å². The molecule has 0 unspecified atom stereocenters. The predicted molar refractivity (Wildman–Crippen MR) is 351 cm³/mol. The zero-order valence-corrected chi connectivity index (χ0v) is 49.0. The lowest BCUT2D eigenvalue weighted by molar-refractivity contribution is 0.400. The number of nitrogen functional groups attached to an aromatic ring is 3. The van der Waals surface area contributed by atoms with Gasteiger partial charge in [0, 0.05) is 100 Å². The molecule has 17 rings (SSSR count). The van der Waals surface area contributed by atoms with Crippen LogP contribution in [0.5, 0.6) is 5.88 Å². The van der Waals surface area contributed by atoms with Gasteiger partial charge in [0.05, 0.1) is 40.3 Å². The van der Waals surface area contributed by atoms with E-state index in [0.717, 1.165) is 142 Å². The molecule has 0 saturated heterocycles. The van der Waals surface area contributed by atoms with Crippen LogP contribution in [0.2, 0.25) is 0 Å². The number of imidazole rings is 3. The van der Waals surface area contributed by atoms with Gasteiger partial charge in [-0.25, -0.2) is 49.8 Å². The van der Waals surface area contributed by atoms with E-state index in [4.69, 9.17) is 51.8 Å². The van der Waals surface area contributed by atoms with E-state index in [1.54, 1.807) is 31.9 Å². The van der Waals surface area contributed by atoms with Crippen LogP contribution in [0.4, 0.5) is 17.5 Å². The SMILES string of the molecule is C.COc1nc(-c2ccccc2)nc2cc(-c3nc(C4CCC4)n4ccnc(N)c34)ccc12.Cc1cnc2ccc(-c3nc(C4CCC4)n4ccnc(N)c34)cc2n1.Cc1nc(-c2ccccc2)nc2cc(-c3nc(C4CCC4)n4ccnc(N)c34)ccc12. The quantitative estimate of drug-likeness (QED) is 0.121. The number of anilines is 3. The number of ether oxygens (including phenoxy) is 1. The first-order chi connectivity index (χ1) is 43.1. The summed E-state index contributed by atoms with van der Waals surface area (Å²) in [7, 11) is 1.63. The third kappa shape index (κ3) is 10.2. The van der Waals surface area contributed by atoms with Crippen molar-refractivity contribution in [1.29, 1.82) is 0 Å². The van der Waals surface area contributed by atoms with E-state index >= 15 is 0 Å². The number of aromatic nitrogens is 15. The van der Waals surface area contributed by atoms with Crippen LogP contribution in [-0.4, -0.2) is 80.1 Å². The molecular formula is C70H66N18O. The third-order valence-electron chi connectivity index (χ3n) is 17.5.